The van der Waals surface area contributed by atoms with E-state index in [0.29, 0.717) is 23.2 Å². The molecule has 0 saturated heterocycles. The van der Waals surface area contributed by atoms with E-state index in [1.165, 1.54) is 22.5 Å². The van der Waals surface area contributed by atoms with Crippen LogP contribution >= 0.6 is 11.3 Å². The minimum Gasteiger partial charge on any atom is -0.366 e. The number of hydrogen-bond donors (Lipinski definition) is 3. The topological polar surface area (TPSA) is 76.6 Å². The quantitative estimate of drug-likeness (QED) is 0.766. The summed E-state index contributed by atoms with van der Waals surface area (Å²) in [5.74, 6) is -0.617. The molecular weight excluding hydrogens is 322 g/mol. The first-order chi connectivity index (χ1) is 11.6. The van der Waals surface area contributed by atoms with E-state index in [0.717, 1.165) is 24.2 Å². The van der Waals surface area contributed by atoms with E-state index in [-0.39, 0.29) is 5.91 Å². The second-order valence-electron chi connectivity index (χ2n) is 6.24. The molecule has 1 aromatic carbocycles. The number of quaternary nitrogens is 1. The summed E-state index contributed by atoms with van der Waals surface area (Å²) < 4.78 is 0. The molecule has 1 unspecified atom stereocenters. The standard InChI is InChI=1S/C18H21N3O2S/c1-21(15-8-4-6-12-5-2-3-7-13(12)15)11-16(22)20-18-14(17(19)23)9-10-24-18/h2-3,5,7,9-10,15H,4,6,8,11H2,1H3,(H2,19,23)(H,20,22)/p+1/t15-/m0/s1. The number of anilines is 1. The van der Waals surface area contributed by atoms with Crippen molar-refractivity contribution in [3.8, 4) is 0 Å². The molecular formula is C18H22N3O2S+. The van der Waals surface area contributed by atoms with E-state index in [1.807, 2.05) is 0 Å². The van der Waals surface area contributed by atoms with Crippen molar-refractivity contribution >= 4 is 28.2 Å². The molecule has 0 saturated carbocycles. The minimum atomic E-state index is -0.520. The molecule has 2 atom stereocenters. The van der Waals surface area contributed by atoms with E-state index in [4.69, 9.17) is 5.73 Å². The van der Waals surface area contributed by atoms with Crippen LogP contribution in [0.1, 0.15) is 40.4 Å². The molecule has 1 heterocycles. The maximum absolute atomic E-state index is 12.4. The van der Waals surface area contributed by atoms with Crippen molar-refractivity contribution in [2.75, 3.05) is 18.9 Å². The third-order valence-corrected chi connectivity index (χ3v) is 5.42. The molecule has 2 aromatic rings. The number of primary amides is 1. The van der Waals surface area contributed by atoms with Gasteiger partial charge >= 0.3 is 0 Å². The van der Waals surface area contributed by atoms with Crippen molar-refractivity contribution in [1.29, 1.82) is 0 Å². The predicted molar refractivity (Wildman–Crippen MR) is 95.3 cm³/mol. The number of fused-ring (bicyclic) bond motifs is 1. The van der Waals surface area contributed by atoms with E-state index in [9.17, 15) is 9.59 Å². The lowest BCUT2D eigenvalue weighted by atomic mass is 9.87. The van der Waals surface area contributed by atoms with Crippen LogP contribution in [0.5, 0.6) is 0 Å². The molecule has 0 bridgehead atoms. The highest BCUT2D eigenvalue weighted by Gasteiger charge is 2.28. The van der Waals surface area contributed by atoms with Gasteiger partial charge in [0.05, 0.1) is 12.6 Å². The van der Waals surface area contributed by atoms with Gasteiger partial charge in [-0.25, -0.2) is 0 Å². The molecule has 0 fully saturated rings. The third kappa shape index (κ3) is 3.49. The average Bonchev–Trinajstić information content (AvgIpc) is 3.02. The molecule has 5 nitrogen and oxygen atoms in total. The first-order valence-electron chi connectivity index (χ1n) is 8.13. The molecule has 1 aromatic heterocycles. The highest BCUT2D eigenvalue weighted by molar-refractivity contribution is 7.14. The van der Waals surface area contributed by atoms with Crippen molar-refractivity contribution in [3.63, 3.8) is 0 Å². The van der Waals surface area contributed by atoms with Crippen molar-refractivity contribution in [2.24, 2.45) is 5.73 Å². The van der Waals surface area contributed by atoms with Gasteiger partial charge in [0.1, 0.15) is 11.0 Å². The van der Waals surface area contributed by atoms with E-state index < -0.39 is 5.91 Å². The fraction of sp³-hybridized carbons (Fsp3) is 0.333. The minimum absolute atomic E-state index is 0.0968. The summed E-state index contributed by atoms with van der Waals surface area (Å²) in [5, 5.41) is 5.11. The van der Waals surface area contributed by atoms with Crippen LogP contribution in [0, 0.1) is 0 Å². The SMILES string of the molecule is C[NH+](CC(=O)Nc1sccc1C(N)=O)[C@H]1CCCc2ccccc21. The Morgan fingerprint density at radius 2 is 2.12 bits per heavy atom. The van der Waals surface area contributed by atoms with Crippen LogP contribution in [0.25, 0.3) is 0 Å². The summed E-state index contributed by atoms with van der Waals surface area (Å²) in [6.07, 6.45) is 3.35. The number of nitrogens with two attached hydrogens (primary N) is 1. The second-order valence-corrected chi connectivity index (χ2v) is 7.16. The van der Waals surface area contributed by atoms with Crippen LogP contribution in [0.3, 0.4) is 0 Å². The van der Waals surface area contributed by atoms with Crippen molar-refractivity contribution < 1.29 is 14.5 Å². The van der Waals surface area contributed by atoms with Gasteiger partial charge in [-0.2, -0.15) is 0 Å². The molecule has 24 heavy (non-hydrogen) atoms. The van der Waals surface area contributed by atoms with Gasteiger partial charge in [-0.1, -0.05) is 24.3 Å². The molecule has 4 N–H and O–H groups in total. The molecule has 2 amide bonds. The Labute approximate surface area is 145 Å². The van der Waals surface area contributed by atoms with Gasteiger partial charge in [-0.15, -0.1) is 11.3 Å². The number of carbonyl (C=O) groups excluding carboxylic acids is 2. The maximum Gasteiger partial charge on any atom is 0.280 e. The monoisotopic (exact) mass is 344 g/mol. The fourth-order valence-corrected chi connectivity index (χ4v) is 4.22. The summed E-state index contributed by atoms with van der Waals surface area (Å²) >= 11 is 1.32. The van der Waals surface area contributed by atoms with Crippen LogP contribution in [0.4, 0.5) is 5.00 Å². The molecule has 6 heteroatoms. The first-order valence-corrected chi connectivity index (χ1v) is 9.01. The van der Waals surface area contributed by atoms with Crippen molar-refractivity contribution in [3.05, 3.63) is 52.4 Å². The first kappa shape index (κ1) is 16.7. The zero-order valence-electron chi connectivity index (χ0n) is 13.7. The van der Waals surface area contributed by atoms with Gasteiger partial charge < -0.3 is 16.0 Å². The number of rotatable bonds is 5. The van der Waals surface area contributed by atoms with E-state index >= 15 is 0 Å². The lowest BCUT2D eigenvalue weighted by Crippen LogP contribution is -3.10. The highest BCUT2D eigenvalue weighted by Crippen LogP contribution is 2.27. The average molecular weight is 344 g/mol. The lowest BCUT2D eigenvalue weighted by Gasteiger charge is -2.30. The summed E-state index contributed by atoms with van der Waals surface area (Å²) in [5.41, 5.74) is 8.43. The Kier molecular flexibility index (Phi) is 4.97. The zero-order chi connectivity index (χ0) is 17.1. The summed E-state index contributed by atoms with van der Waals surface area (Å²) in [6.45, 7) is 0.356. The van der Waals surface area contributed by atoms with Crippen LogP contribution in [-0.4, -0.2) is 25.4 Å². The molecule has 0 radical (unpaired) electrons. The van der Waals surface area contributed by atoms with Gasteiger partial charge in [0.25, 0.3) is 11.8 Å². The number of benzene rings is 1. The highest BCUT2D eigenvalue weighted by atomic mass is 32.1. The number of likely N-dealkylation sites (N-methyl/N-ethyl adjacent to an activating group) is 1. The van der Waals surface area contributed by atoms with Crippen LogP contribution in [0.15, 0.2) is 35.7 Å². The zero-order valence-corrected chi connectivity index (χ0v) is 14.5. The van der Waals surface area contributed by atoms with E-state index in [1.54, 1.807) is 11.4 Å². The Morgan fingerprint density at radius 3 is 2.92 bits per heavy atom. The Balaban J connectivity index is 1.67. The molecule has 1 aliphatic rings. The Morgan fingerprint density at radius 1 is 1.33 bits per heavy atom. The van der Waals surface area contributed by atoms with Gasteiger partial charge in [-0.05, 0) is 29.9 Å². The normalized spacial score (nSPS) is 17.8. The number of aryl methyl sites for hydroxylation is 1. The van der Waals surface area contributed by atoms with E-state index in [2.05, 4.69) is 36.6 Å². The molecule has 3 rings (SSSR count). The molecule has 126 valence electrons. The third-order valence-electron chi connectivity index (χ3n) is 4.59. The summed E-state index contributed by atoms with van der Waals surface area (Å²) in [6, 6.07) is 10.5. The largest absolute Gasteiger partial charge is 0.366 e. The van der Waals surface area contributed by atoms with Gasteiger partial charge in [-0.3, -0.25) is 9.59 Å². The van der Waals surface area contributed by atoms with Gasteiger partial charge in [0.15, 0.2) is 6.54 Å². The molecule has 0 aliphatic heterocycles. The smallest absolute Gasteiger partial charge is 0.280 e. The predicted octanol–water partition coefficient (Wildman–Crippen LogP) is 1.38. The Hall–Kier alpha value is -2.18. The van der Waals surface area contributed by atoms with Gasteiger partial charge in [0, 0.05) is 12.0 Å². The van der Waals surface area contributed by atoms with Gasteiger partial charge in [0.2, 0.25) is 0 Å². The summed E-state index contributed by atoms with van der Waals surface area (Å²) in [4.78, 5) is 24.9. The number of carbonyl (C=O) groups is 2. The lowest BCUT2D eigenvalue weighted by molar-refractivity contribution is -0.905. The van der Waals surface area contributed by atoms with Crippen LogP contribution < -0.4 is 16.0 Å². The van der Waals surface area contributed by atoms with Crippen LogP contribution in [0.2, 0.25) is 0 Å². The molecule has 1 aliphatic carbocycles. The van der Waals surface area contributed by atoms with Crippen molar-refractivity contribution in [1.82, 2.24) is 0 Å². The second kappa shape index (κ2) is 7.15. The summed E-state index contributed by atoms with van der Waals surface area (Å²) in [7, 11) is 2.05. The maximum atomic E-state index is 12.4. The van der Waals surface area contributed by atoms with Crippen LogP contribution in [-0.2, 0) is 11.2 Å². The number of hydrogen-bond acceptors (Lipinski definition) is 3. The number of thiophene rings is 1. The number of nitrogens with one attached hydrogen (secondary N) is 2. The fourth-order valence-electron chi connectivity index (χ4n) is 3.41. The molecule has 0 spiro atoms. The number of amides is 2. The Bertz CT molecular complexity index is 756. The van der Waals surface area contributed by atoms with Crippen molar-refractivity contribution in [2.45, 2.75) is 25.3 Å².